The van der Waals surface area contributed by atoms with Crippen LogP contribution >= 0.6 is 15.9 Å². The zero-order valence-corrected chi connectivity index (χ0v) is 14.1. The fraction of sp³-hybridized carbons (Fsp3) is 0.235. The Morgan fingerprint density at radius 1 is 1.18 bits per heavy atom. The molecule has 4 nitrogen and oxygen atoms in total. The van der Waals surface area contributed by atoms with E-state index in [-0.39, 0.29) is 5.91 Å². The lowest BCUT2D eigenvalue weighted by molar-refractivity contribution is -0.122. The van der Waals surface area contributed by atoms with Gasteiger partial charge in [0.2, 0.25) is 0 Å². The van der Waals surface area contributed by atoms with Crippen molar-refractivity contribution in [1.29, 1.82) is 0 Å². The number of carbonyl (C=O) groups excluding carboxylic acids is 1. The second-order valence-electron chi connectivity index (χ2n) is 4.66. The first-order valence-electron chi connectivity index (χ1n) is 7.04. The molecule has 2 aromatic carbocycles. The summed E-state index contributed by atoms with van der Waals surface area (Å²) < 4.78 is 12.0. The molecule has 1 amide bonds. The molecule has 1 atom stereocenters. The number of rotatable bonds is 6. The highest BCUT2D eigenvalue weighted by atomic mass is 79.9. The first kappa shape index (κ1) is 16.4. The standard InChI is InChI=1S/C17H18BrNO3/c1-3-21-16-6-4-5-14(11-16)19-17(20)12(2)22-15-9-7-13(18)8-10-15/h4-12H,3H2,1-2H3,(H,19,20). The van der Waals surface area contributed by atoms with Gasteiger partial charge in [0.1, 0.15) is 11.5 Å². The van der Waals surface area contributed by atoms with Crippen LogP contribution in [-0.2, 0) is 4.79 Å². The summed E-state index contributed by atoms with van der Waals surface area (Å²) in [7, 11) is 0. The van der Waals surface area contributed by atoms with Gasteiger partial charge in [-0.05, 0) is 50.2 Å². The molecule has 0 aliphatic carbocycles. The minimum Gasteiger partial charge on any atom is -0.494 e. The van der Waals surface area contributed by atoms with E-state index in [2.05, 4.69) is 21.2 Å². The van der Waals surface area contributed by atoms with Gasteiger partial charge in [0, 0.05) is 16.2 Å². The molecule has 0 radical (unpaired) electrons. The number of hydrogen-bond donors (Lipinski definition) is 1. The molecule has 1 N–H and O–H groups in total. The second-order valence-corrected chi connectivity index (χ2v) is 5.58. The molecular formula is C17H18BrNO3. The molecule has 0 fully saturated rings. The van der Waals surface area contributed by atoms with Gasteiger partial charge < -0.3 is 14.8 Å². The van der Waals surface area contributed by atoms with Gasteiger partial charge in [-0.1, -0.05) is 22.0 Å². The Morgan fingerprint density at radius 2 is 1.91 bits per heavy atom. The molecule has 0 bridgehead atoms. The molecule has 0 aliphatic rings. The second kappa shape index (κ2) is 7.84. The first-order chi connectivity index (χ1) is 10.6. The van der Waals surface area contributed by atoms with Gasteiger partial charge in [0.15, 0.2) is 6.10 Å². The molecule has 22 heavy (non-hydrogen) atoms. The number of amides is 1. The highest BCUT2D eigenvalue weighted by Crippen LogP contribution is 2.19. The van der Waals surface area contributed by atoms with Gasteiger partial charge in [0.05, 0.1) is 6.61 Å². The van der Waals surface area contributed by atoms with Crippen LogP contribution in [0.3, 0.4) is 0 Å². The van der Waals surface area contributed by atoms with Crippen LogP contribution in [0, 0.1) is 0 Å². The normalized spacial score (nSPS) is 11.6. The summed E-state index contributed by atoms with van der Waals surface area (Å²) in [6.45, 7) is 4.21. The van der Waals surface area contributed by atoms with E-state index in [9.17, 15) is 4.79 Å². The highest BCUT2D eigenvalue weighted by molar-refractivity contribution is 9.10. The number of benzene rings is 2. The minimum atomic E-state index is -0.600. The fourth-order valence-electron chi connectivity index (χ4n) is 1.85. The maximum absolute atomic E-state index is 12.2. The number of anilines is 1. The predicted octanol–water partition coefficient (Wildman–Crippen LogP) is 4.25. The summed E-state index contributed by atoms with van der Waals surface area (Å²) in [6.07, 6.45) is -0.600. The average molecular weight is 364 g/mol. The van der Waals surface area contributed by atoms with Crippen LogP contribution in [0.5, 0.6) is 11.5 Å². The van der Waals surface area contributed by atoms with Crippen molar-refractivity contribution in [2.75, 3.05) is 11.9 Å². The van der Waals surface area contributed by atoms with E-state index < -0.39 is 6.10 Å². The van der Waals surface area contributed by atoms with E-state index in [1.54, 1.807) is 13.0 Å². The van der Waals surface area contributed by atoms with Crippen LogP contribution in [0.15, 0.2) is 53.0 Å². The van der Waals surface area contributed by atoms with E-state index in [4.69, 9.17) is 9.47 Å². The Balaban J connectivity index is 1.96. The lowest BCUT2D eigenvalue weighted by atomic mass is 10.2. The maximum atomic E-state index is 12.2. The molecule has 0 aromatic heterocycles. The zero-order valence-electron chi connectivity index (χ0n) is 12.5. The van der Waals surface area contributed by atoms with Crippen molar-refractivity contribution in [2.24, 2.45) is 0 Å². The Kier molecular flexibility index (Phi) is 5.83. The third-order valence-corrected chi connectivity index (χ3v) is 3.44. The van der Waals surface area contributed by atoms with Crippen molar-refractivity contribution in [3.05, 3.63) is 53.0 Å². The van der Waals surface area contributed by atoms with E-state index in [0.29, 0.717) is 18.0 Å². The lowest BCUT2D eigenvalue weighted by Gasteiger charge is -2.15. The Morgan fingerprint density at radius 3 is 2.59 bits per heavy atom. The lowest BCUT2D eigenvalue weighted by Crippen LogP contribution is -2.30. The summed E-state index contributed by atoms with van der Waals surface area (Å²) >= 11 is 3.36. The average Bonchev–Trinajstić information content (AvgIpc) is 2.50. The smallest absolute Gasteiger partial charge is 0.265 e. The van der Waals surface area contributed by atoms with E-state index >= 15 is 0 Å². The van der Waals surface area contributed by atoms with Crippen molar-refractivity contribution in [1.82, 2.24) is 0 Å². The van der Waals surface area contributed by atoms with Gasteiger partial charge in [0.25, 0.3) is 5.91 Å². The molecule has 0 saturated heterocycles. The monoisotopic (exact) mass is 363 g/mol. The maximum Gasteiger partial charge on any atom is 0.265 e. The number of ether oxygens (including phenoxy) is 2. The number of halogens is 1. The molecule has 5 heteroatoms. The van der Waals surface area contributed by atoms with Crippen LogP contribution < -0.4 is 14.8 Å². The minimum absolute atomic E-state index is 0.212. The van der Waals surface area contributed by atoms with E-state index in [0.717, 1.165) is 10.2 Å². The highest BCUT2D eigenvalue weighted by Gasteiger charge is 2.15. The summed E-state index contributed by atoms with van der Waals surface area (Å²) in [5.41, 5.74) is 0.683. The molecule has 2 aromatic rings. The summed E-state index contributed by atoms with van der Waals surface area (Å²) in [4.78, 5) is 12.2. The fourth-order valence-corrected chi connectivity index (χ4v) is 2.11. The van der Waals surface area contributed by atoms with Crippen LogP contribution in [0.4, 0.5) is 5.69 Å². The Hall–Kier alpha value is -2.01. The quantitative estimate of drug-likeness (QED) is 0.834. The molecular weight excluding hydrogens is 346 g/mol. The summed E-state index contributed by atoms with van der Waals surface area (Å²) in [5.74, 6) is 1.16. The van der Waals surface area contributed by atoms with Gasteiger partial charge in [-0.15, -0.1) is 0 Å². The molecule has 2 rings (SSSR count). The number of carbonyl (C=O) groups is 1. The Labute approximate surface area is 138 Å². The molecule has 1 unspecified atom stereocenters. The van der Waals surface area contributed by atoms with Gasteiger partial charge in [-0.2, -0.15) is 0 Å². The SMILES string of the molecule is CCOc1cccc(NC(=O)C(C)Oc2ccc(Br)cc2)c1. The predicted molar refractivity (Wildman–Crippen MR) is 90.5 cm³/mol. The van der Waals surface area contributed by atoms with Gasteiger partial charge >= 0.3 is 0 Å². The van der Waals surface area contributed by atoms with E-state index in [1.807, 2.05) is 49.4 Å². The largest absolute Gasteiger partial charge is 0.494 e. The molecule has 0 spiro atoms. The Bertz CT molecular complexity index is 628. The third-order valence-electron chi connectivity index (χ3n) is 2.91. The van der Waals surface area contributed by atoms with E-state index in [1.165, 1.54) is 0 Å². The molecule has 116 valence electrons. The molecule has 0 heterocycles. The van der Waals surface area contributed by atoms with Crippen LogP contribution in [0.2, 0.25) is 0 Å². The summed E-state index contributed by atoms with van der Waals surface area (Å²) in [6, 6.07) is 14.6. The molecule has 0 aliphatic heterocycles. The zero-order chi connectivity index (χ0) is 15.9. The summed E-state index contributed by atoms with van der Waals surface area (Å²) in [5, 5.41) is 2.82. The van der Waals surface area contributed by atoms with Crippen molar-refractivity contribution < 1.29 is 14.3 Å². The van der Waals surface area contributed by atoms with Crippen molar-refractivity contribution in [3.63, 3.8) is 0 Å². The number of nitrogens with one attached hydrogen (secondary N) is 1. The van der Waals surface area contributed by atoms with Crippen LogP contribution in [0.1, 0.15) is 13.8 Å². The topological polar surface area (TPSA) is 47.6 Å². The number of hydrogen-bond acceptors (Lipinski definition) is 3. The van der Waals surface area contributed by atoms with Crippen molar-refractivity contribution in [2.45, 2.75) is 20.0 Å². The van der Waals surface area contributed by atoms with Crippen molar-refractivity contribution >= 4 is 27.5 Å². The first-order valence-corrected chi connectivity index (χ1v) is 7.83. The van der Waals surface area contributed by atoms with Crippen LogP contribution in [-0.4, -0.2) is 18.6 Å². The third kappa shape index (κ3) is 4.77. The van der Waals surface area contributed by atoms with Gasteiger partial charge in [-0.25, -0.2) is 0 Å². The molecule has 0 saturated carbocycles. The van der Waals surface area contributed by atoms with Crippen molar-refractivity contribution in [3.8, 4) is 11.5 Å². The van der Waals surface area contributed by atoms with Crippen LogP contribution in [0.25, 0.3) is 0 Å². The van der Waals surface area contributed by atoms with Gasteiger partial charge in [-0.3, -0.25) is 4.79 Å².